The summed E-state index contributed by atoms with van der Waals surface area (Å²) >= 11 is 0. The molecule has 1 rings (SSSR count). The van der Waals surface area contributed by atoms with Crippen molar-refractivity contribution in [1.29, 1.82) is 0 Å². The maximum atomic E-state index is 10.1. The maximum Gasteiger partial charge on any atom is 0.275 e. The summed E-state index contributed by atoms with van der Waals surface area (Å²) in [5.74, 6) is -0.408. The molecule has 0 radical (unpaired) electrons. The van der Waals surface area contributed by atoms with E-state index in [-0.39, 0.29) is 5.75 Å². The fourth-order valence-corrected chi connectivity index (χ4v) is 1.70. The molecule has 0 unspecified atom stereocenters. The fraction of sp³-hybridized carbons (Fsp3) is 0.333. The normalized spacial score (nSPS) is 11.6. The average molecular weight is 294 g/mol. The van der Waals surface area contributed by atoms with Crippen LogP contribution in [0.5, 0.6) is 5.75 Å². The van der Waals surface area contributed by atoms with Gasteiger partial charge in [-0.15, -0.1) is 5.10 Å². The van der Waals surface area contributed by atoms with Gasteiger partial charge in [0.2, 0.25) is 0 Å². The van der Waals surface area contributed by atoms with Gasteiger partial charge < -0.3 is 15.7 Å². The van der Waals surface area contributed by atoms with E-state index >= 15 is 0 Å². The van der Waals surface area contributed by atoms with E-state index in [1.807, 2.05) is 19.9 Å². The van der Waals surface area contributed by atoms with Crippen LogP contribution in [-0.2, 0) is 0 Å². The predicted octanol–water partition coefficient (Wildman–Crippen LogP) is 0.668. The molecular formula is C12H18N6O3. The molecule has 0 aliphatic rings. The second kappa shape index (κ2) is 7.68. The Bertz CT molecular complexity index is 554. The van der Waals surface area contributed by atoms with Crippen LogP contribution in [0.1, 0.15) is 19.4 Å². The lowest BCUT2D eigenvalue weighted by molar-refractivity contribution is -0.525. The molecule has 0 spiro atoms. The van der Waals surface area contributed by atoms with Gasteiger partial charge in [0, 0.05) is 30.4 Å². The number of hydrogen-bond acceptors (Lipinski definition) is 6. The van der Waals surface area contributed by atoms with E-state index < -0.39 is 11.0 Å². The molecule has 9 nitrogen and oxygen atoms in total. The molecule has 21 heavy (non-hydrogen) atoms. The van der Waals surface area contributed by atoms with E-state index in [4.69, 9.17) is 5.73 Å². The molecule has 114 valence electrons. The Morgan fingerprint density at radius 1 is 1.52 bits per heavy atom. The molecule has 0 saturated heterocycles. The van der Waals surface area contributed by atoms with Crippen LogP contribution < -0.4 is 16.1 Å². The number of benzene rings is 1. The lowest BCUT2D eigenvalue weighted by atomic mass is 10.2. The minimum atomic E-state index is -0.843. The minimum absolute atomic E-state index is 0.0409. The Morgan fingerprint density at radius 2 is 2.19 bits per heavy atom. The molecule has 0 heterocycles. The summed E-state index contributed by atoms with van der Waals surface area (Å²) in [6.45, 7) is 5.71. The van der Waals surface area contributed by atoms with Crippen LogP contribution in [0.4, 0.5) is 5.69 Å². The van der Waals surface area contributed by atoms with Crippen LogP contribution in [0.3, 0.4) is 0 Å². The Kier molecular flexibility index (Phi) is 5.93. The summed E-state index contributed by atoms with van der Waals surface area (Å²) < 4.78 is 0. The fourth-order valence-electron chi connectivity index (χ4n) is 1.70. The number of phenolic OH excluding ortho intramolecular Hbond substituents is 1. The van der Waals surface area contributed by atoms with Crippen molar-refractivity contribution in [2.75, 3.05) is 18.0 Å². The first-order chi connectivity index (χ1) is 9.97. The van der Waals surface area contributed by atoms with Gasteiger partial charge in [0.25, 0.3) is 5.96 Å². The van der Waals surface area contributed by atoms with Crippen molar-refractivity contribution in [3.8, 4) is 5.75 Å². The van der Waals surface area contributed by atoms with Gasteiger partial charge in [-0.25, -0.2) is 10.1 Å². The molecular weight excluding hydrogens is 276 g/mol. The highest BCUT2D eigenvalue weighted by Gasteiger charge is 2.05. The van der Waals surface area contributed by atoms with Gasteiger partial charge >= 0.3 is 0 Å². The van der Waals surface area contributed by atoms with Crippen molar-refractivity contribution < 1.29 is 10.1 Å². The standard InChI is InChI=1S/C12H18N6O3/c1-3-17(4-2)10-6-5-9(11(19)7-10)8-14-15-12(13)16-18(20)21/h5-8,19H,3-4H2,1-2H3,(H3,13,15,16)/b14-8+. The van der Waals surface area contributed by atoms with E-state index in [2.05, 4.69) is 15.1 Å². The molecule has 0 aromatic heterocycles. The quantitative estimate of drug-likeness (QED) is 0.306. The number of phenols is 1. The molecule has 4 N–H and O–H groups in total. The van der Waals surface area contributed by atoms with E-state index in [1.165, 1.54) is 6.21 Å². The molecule has 0 aliphatic carbocycles. The van der Waals surface area contributed by atoms with Crippen molar-refractivity contribution in [3.63, 3.8) is 0 Å². The predicted molar refractivity (Wildman–Crippen MR) is 81.0 cm³/mol. The zero-order valence-corrected chi connectivity index (χ0v) is 11.9. The third-order valence-electron chi connectivity index (χ3n) is 2.71. The van der Waals surface area contributed by atoms with Gasteiger partial charge in [0.05, 0.1) is 6.21 Å². The molecule has 0 amide bonds. The third-order valence-corrected chi connectivity index (χ3v) is 2.71. The highest BCUT2D eigenvalue weighted by Crippen LogP contribution is 2.23. The van der Waals surface area contributed by atoms with Crippen LogP contribution in [-0.4, -0.2) is 35.4 Å². The van der Waals surface area contributed by atoms with E-state index in [0.29, 0.717) is 5.56 Å². The number of nitro groups is 1. The average Bonchev–Trinajstić information content (AvgIpc) is 2.41. The summed E-state index contributed by atoms with van der Waals surface area (Å²) in [4.78, 5) is 12.2. The summed E-state index contributed by atoms with van der Waals surface area (Å²) in [6.07, 6.45) is 1.26. The first-order valence-electron chi connectivity index (χ1n) is 6.33. The van der Waals surface area contributed by atoms with Crippen LogP contribution in [0.25, 0.3) is 0 Å². The SMILES string of the molecule is CCN(CC)c1ccc(/C=N/N=C(/N)N[N+](=O)[O-])c(O)c1. The zero-order valence-electron chi connectivity index (χ0n) is 11.9. The number of anilines is 1. The van der Waals surface area contributed by atoms with E-state index in [0.717, 1.165) is 18.8 Å². The smallest absolute Gasteiger partial charge is 0.275 e. The Morgan fingerprint density at radius 3 is 2.71 bits per heavy atom. The Hall–Kier alpha value is -2.84. The second-order valence-electron chi connectivity index (χ2n) is 4.01. The molecule has 0 atom stereocenters. The van der Waals surface area contributed by atoms with Crippen LogP contribution in [0.2, 0.25) is 0 Å². The van der Waals surface area contributed by atoms with Gasteiger partial charge in [-0.3, -0.25) is 0 Å². The number of nitrogens with zero attached hydrogens (tertiary/aromatic N) is 4. The Labute approximate surface area is 121 Å². The van der Waals surface area contributed by atoms with Crippen LogP contribution in [0, 0.1) is 10.1 Å². The molecule has 9 heteroatoms. The third kappa shape index (κ3) is 4.97. The lowest BCUT2D eigenvalue weighted by Crippen LogP contribution is -2.35. The number of hydrazine groups is 1. The summed E-state index contributed by atoms with van der Waals surface area (Å²) in [5.41, 5.74) is 8.17. The van der Waals surface area contributed by atoms with Crippen molar-refractivity contribution in [2.24, 2.45) is 15.9 Å². The molecule has 1 aromatic rings. The maximum absolute atomic E-state index is 10.1. The second-order valence-corrected chi connectivity index (χ2v) is 4.01. The highest BCUT2D eigenvalue weighted by atomic mass is 16.7. The number of aromatic hydroxyl groups is 1. The van der Waals surface area contributed by atoms with Gasteiger partial charge in [0.15, 0.2) is 5.03 Å². The molecule has 1 aromatic carbocycles. The molecule has 0 aliphatic heterocycles. The molecule has 0 bridgehead atoms. The van der Waals surface area contributed by atoms with Gasteiger partial charge in [-0.05, 0) is 26.0 Å². The number of nitrogens with one attached hydrogen (secondary N) is 1. The zero-order chi connectivity index (χ0) is 15.8. The topological polar surface area (TPSA) is 129 Å². The van der Waals surface area contributed by atoms with Crippen molar-refractivity contribution in [1.82, 2.24) is 5.43 Å². The number of guanidine groups is 1. The van der Waals surface area contributed by atoms with Gasteiger partial charge in [-0.2, -0.15) is 5.10 Å². The highest BCUT2D eigenvalue weighted by molar-refractivity contribution is 5.85. The summed E-state index contributed by atoms with van der Waals surface area (Å²) in [6, 6.07) is 5.15. The number of nitrogens with two attached hydrogens (primary N) is 1. The Balaban J connectivity index is 2.84. The minimum Gasteiger partial charge on any atom is -0.507 e. The van der Waals surface area contributed by atoms with Gasteiger partial charge in [0.1, 0.15) is 5.75 Å². The van der Waals surface area contributed by atoms with Crippen molar-refractivity contribution in [3.05, 3.63) is 33.9 Å². The summed E-state index contributed by atoms with van der Waals surface area (Å²) in [7, 11) is 0. The van der Waals surface area contributed by atoms with Crippen LogP contribution in [0.15, 0.2) is 28.4 Å². The lowest BCUT2D eigenvalue weighted by Gasteiger charge is -2.21. The summed E-state index contributed by atoms with van der Waals surface area (Å²) in [5, 5.41) is 26.1. The van der Waals surface area contributed by atoms with Crippen molar-refractivity contribution >= 4 is 17.9 Å². The monoisotopic (exact) mass is 294 g/mol. The first-order valence-corrected chi connectivity index (χ1v) is 6.33. The number of hydrogen-bond donors (Lipinski definition) is 3. The number of rotatable bonds is 6. The van der Waals surface area contributed by atoms with E-state index in [9.17, 15) is 15.2 Å². The van der Waals surface area contributed by atoms with Crippen molar-refractivity contribution in [2.45, 2.75) is 13.8 Å². The van der Waals surface area contributed by atoms with Gasteiger partial charge in [-0.1, -0.05) is 5.43 Å². The largest absolute Gasteiger partial charge is 0.507 e. The van der Waals surface area contributed by atoms with E-state index in [1.54, 1.807) is 17.6 Å². The van der Waals surface area contributed by atoms with Crippen LogP contribution >= 0.6 is 0 Å². The molecule has 0 saturated carbocycles. The molecule has 0 fully saturated rings. The first kappa shape index (κ1) is 16.2.